The summed E-state index contributed by atoms with van der Waals surface area (Å²) >= 11 is 13.2. The van der Waals surface area contributed by atoms with Crippen LogP contribution in [-0.4, -0.2) is 30.8 Å². The van der Waals surface area contributed by atoms with Crippen LogP contribution in [0, 0.1) is 0 Å². The van der Waals surface area contributed by atoms with Crippen molar-refractivity contribution in [3.8, 4) is 0 Å². The summed E-state index contributed by atoms with van der Waals surface area (Å²) in [4.78, 5) is 11.3. The molecule has 0 radical (unpaired) electrons. The van der Waals surface area contributed by atoms with Crippen molar-refractivity contribution in [2.75, 3.05) is 19.8 Å². The third-order valence-electron chi connectivity index (χ3n) is 1.83. The molecule has 0 fully saturated rings. The van der Waals surface area contributed by atoms with Gasteiger partial charge < -0.3 is 0 Å². The van der Waals surface area contributed by atoms with Crippen molar-refractivity contribution in [1.29, 1.82) is 0 Å². The van der Waals surface area contributed by atoms with Crippen LogP contribution in [0.2, 0.25) is 10.0 Å². The fourth-order valence-corrected chi connectivity index (χ4v) is 2.26. The zero-order valence-electron chi connectivity index (χ0n) is 9.67. The normalized spacial score (nSPS) is 10.6. The third-order valence-corrected chi connectivity index (χ3v) is 3.58. The van der Waals surface area contributed by atoms with Crippen LogP contribution >= 0.6 is 35.0 Å². The average molecular weight is 293 g/mol. The molecule has 0 saturated heterocycles. The SMILES string of the molecule is CN(C)NC(=O)CSCc1ccc(Cl)c(Cl)c1. The number of amides is 1. The van der Waals surface area contributed by atoms with Crippen molar-refractivity contribution in [3.63, 3.8) is 0 Å². The van der Waals surface area contributed by atoms with Gasteiger partial charge in [0.05, 0.1) is 15.8 Å². The Balaban J connectivity index is 2.36. The number of nitrogens with zero attached hydrogens (tertiary/aromatic N) is 1. The Morgan fingerprint density at radius 3 is 2.65 bits per heavy atom. The zero-order chi connectivity index (χ0) is 12.8. The van der Waals surface area contributed by atoms with E-state index in [1.807, 2.05) is 12.1 Å². The van der Waals surface area contributed by atoms with Crippen molar-refractivity contribution < 1.29 is 4.79 Å². The van der Waals surface area contributed by atoms with Gasteiger partial charge in [-0.3, -0.25) is 10.2 Å². The lowest BCUT2D eigenvalue weighted by Gasteiger charge is -2.11. The maximum absolute atomic E-state index is 11.3. The molecule has 3 nitrogen and oxygen atoms in total. The standard InChI is InChI=1S/C11H14Cl2N2OS/c1-15(2)14-11(16)7-17-6-8-3-4-9(12)10(13)5-8/h3-5H,6-7H2,1-2H3,(H,14,16). The molecule has 1 N–H and O–H groups in total. The lowest BCUT2D eigenvalue weighted by Crippen LogP contribution is -2.37. The van der Waals surface area contributed by atoms with Gasteiger partial charge in [-0.15, -0.1) is 11.8 Å². The van der Waals surface area contributed by atoms with Crippen LogP contribution in [0.25, 0.3) is 0 Å². The summed E-state index contributed by atoms with van der Waals surface area (Å²) in [6.45, 7) is 0. The Bertz CT molecular complexity index is 399. The number of hydrogen-bond donors (Lipinski definition) is 1. The molecule has 0 unspecified atom stereocenters. The molecule has 0 aromatic heterocycles. The molecule has 0 atom stereocenters. The van der Waals surface area contributed by atoms with Gasteiger partial charge in [-0.1, -0.05) is 29.3 Å². The van der Waals surface area contributed by atoms with E-state index in [1.54, 1.807) is 25.2 Å². The van der Waals surface area contributed by atoms with Crippen LogP contribution in [0.4, 0.5) is 0 Å². The molecule has 1 aromatic rings. The molecule has 94 valence electrons. The summed E-state index contributed by atoms with van der Waals surface area (Å²) in [6, 6.07) is 5.49. The number of benzene rings is 1. The molecule has 0 aliphatic carbocycles. The highest BCUT2D eigenvalue weighted by Gasteiger charge is 2.04. The van der Waals surface area contributed by atoms with Gasteiger partial charge in [0.15, 0.2) is 0 Å². The zero-order valence-corrected chi connectivity index (χ0v) is 12.0. The van der Waals surface area contributed by atoms with Crippen LogP contribution in [0.1, 0.15) is 5.56 Å². The number of hydrazine groups is 1. The van der Waals surface area contributed by atoms with E-state index in [0.717, 1.165) is 11.3 Å². The van der Waals surface area contributed by atoms with Crippen molar-refractivity contribution >= 4 is 40.9 Å². The van der Waals surface area contributed by atoms with E-state index in [2.05, 4.69) is 5.43 Å². The Hall–Kier alpha value is -0.420. The Morgan fingerprint density at radius 1 is 1.35 bits per heavy atom. The molecule has 6 heteroatoms. The molecule has 1 amide bonds. The molecule has 0 saturated carbocycles. The first kappa shape index (κ1) is 14.6. The third kappa shape index (κ3) is 5.64. The van der Waals surface area contributed by atoms with Gasteiger partial charge in [0.25, 0.3) is 0 Å². The molecule has 1 aromatic carbocycles. The average Bonchev–Trinajstić information content (AvgIpc) is 2.22. The van der Waals surface area contributed by atoms with E-state index in [4.69, 9.17) is 23.2 Å². The maximum atomic E-state index is 11.3. The summed E-state index contributed by atoms with van der Waals surface area (Å²) in [5.74, 6) is 1.14. The van der Waals surface area contributed by atoms with Crippen molar-refractivity contribution in [2.24, 2.45) is 0 Å². The van der Waals surface area contributed by atoms with Crippen LogP contribution in [-0.2, 0) is 10.5 Å². The number of thioether (sulfide) groups is 1. The monoisotopic (exact) mass is 292 g/mol. The highest BCUT2D eigenvalue weighted by Crippen LogP contribution is 2.24. The van der Waals surface area contributed by atoms with Gasteiger partial charge in [0.1, 0.15) is 0 Å². The van der Waals surface area contributed by atoms with E-state index >= 15 is 0 Å². The van der Waals surface area contributed by atoms with Crippen LogP contribution in [0.5, 0.6) is 0 Å². The molecular weight excluding hydrogens is 279 g/mol. The molecule has 0 aliphatic heterocycles. The number of carbonyl (C=O) groups excluding carboxylic acids is 1. The minimum absolute atomic E-state index is 0.0138. The summed E-state index contributed by atoms with van der Waals surface area (Å²) in [6.07, 6.45) is 0. The van der Waals surface area contributed by atoms with Crippen molar-refractivity contribution in [3.05, 3.63) is 33.8 Å². The van der Waals surface area contributed by atoms with Crippen molar-refractivity contribution in [2.45, 2.75) is 5.75 Å². The number of rotatable bonds is 5. The van der Waals surface area contributed by atoms with E-state index in [1.165, 1.54) is 11.8 Å². The predicted molar refractivity (Wildman–Crippen MR) is 74.5 cm³/mol. The van der Waals surface area contributed by atoms with Gasteiger partial charge in [-0.25, -0.2) is 5.01 Å². The summed E-state index contributed by atoms with van der Waals surface area (Å²) in [7, 11) is 3.56. The highest BCUT2D eigenvalue weighted by molar-refractivity contribution is 7.99. The van der Waals surface area contributed by atoms with Gasteiger partial charge in [-0.2, -0.15) is 0 Å². The Labute approximate surface area is 115 Å². The number of nitrogens with one attached hydrogen (secondary N) is 1. The predicted octanol–water partition coefficient (Wildman–Crippen LogP) is 2.82. The fraction of sp³-hybridized carbons (Fsp3) is 0.364. The summed E-state index contributed by atoms with van der Waals surface area (Å²) in [5, 5.41) is 2.72. The molecule has 0 heterocycles. The Morgan fingerprint density at radius 2 is 2.06 bits per heavy atom. The van der Waals surface area contributed by atoms with Gasteiger partial charge in [0, 0.05) is 19.8 Å². The van der Waals surface area contributed by atoms with E-state index in [0.29, 0.717) is 15.8 Å². The first-order chi connectivity index (χ1) is 7.99. The van der Waals surface area contributed by atoms with Crippen LogP contribution < -0.4 is 5.43 Å². The van der Waals surface area contributed by atoms with E-state index in [9.17, 15) is 4.79 Å². The van der Waals surface area contributed by atoms with Crippen LogP contribution in [0.15, 0.2) is 18.2 Å². The molecule has 1 rings (SSSR count). The first-order valence-electron chi connectivity index (χ1n) is 4.97. The van der Waals surface area contributed by atoms with Crippen molar-refractivity contribution in [1.82, 2.24) is 10.4 Å². The number of carbonyl (C=O) groups is 1. The fourth-order valence-electron chi connectivity index (χ4n) is 1.17. The van der Waals surface area contributed by atoms with Crippen LogP contribution in [0.3, 0.4) is 0 Å². The van der Waals surface area contributed by atoms with E-state index in [-0.39, 0.29) is 5.91 Å². The van der Waals surface area contributed by atoms with Gasteiger partial charge >= 0.3 is 0 Å². The number of halogens is 2. The topological polar surface area (TPSA) is 32.3 Å². The smallest absolute Gasteiger partial charge is 0.244 e. The number of hydrogen-bond acceptors (Lipinski definition) is 3. The molecule has 17 heavy (non-hydrogen) atoms. The Kier molecular flexibility index (Phi) is 6.12. The van der Waals surface area contributed by atoms with Gasteiger partial charge in [-0.05, 0) is 17.7 Å². The largest absolute Gasteiger partial charge is 0.289 e. The first-order valence-corrected chi connectivity index (χ1v) is 6.88. The molecule has 0 bridgehead atoms. The molecular formula is C11H14Cl2N2OS. The van der Waals surface area contributed by atoms with E-state index < -0.39 is 0 Å². The minimum Gasteiger partial charge on any atom is -0.289 e. The lowest BCUT2D eigenvalue weighted by molar-refractivity contribution is -0.122. The minimum atomic E-state index is -0.0138. The maximum Gasteiger partial charge on any atom is 0.244 e. The second-order valence-electron chi connectivity index (χ2n) is 3.67. The van der Waals surface area contributed by atoms with Gasteiger partial charge in [0.2, 0.25) is 5.91 Å². The lowest BCUT2D eigenvalue weighted by atomic mass is 10.2. The second-order valence-corrected chi connectivity index (χ2v) is 5.47. The summed E-state index contributed by atoms with van der Waals surface area (Å²) < 4.78 is 0. The quantitative estimate of drug-likeness (QED) is 0.847. The summed E-state index contributed by atoms with van der Waals surface area (Å²) in [5.41, 5.74) is 3.73. The molecule has 0 aliphatic rings. The second kappa shape index (κ2) is 7.11. The highest BCUT2D eigenvalue weighted by atomic mass is 35.5. The molecule has 0 spiro atoms.